The summed E-state index contributed by atoms with van der Waals surface area (Å²) in [6.07, 6.45) is 4.27. The van der Waals surface area contributed by atoms with Crippen molar-refractivity contribution in [3.8, 4) is 0 Å². The van der Waals surface area contributed by atoms with Gasteiger partial charge in [0.1, 0.15) is 0 Å². The Morgan fingerprint density at radius 3 is 2.76 bits per heavy atom. The van der Waals surface area contributed by atoms with Crippen LogP contribution < -0.4 is 16.4 Å². The van der Waals surface area contributed by atoms with Gasteiger partial charge in [-0.15, -0.1) is 0 Å². The van der Waals surface area contributed by atoms with Crippen LogP contribution in [0.3, 0.4) is 0 Å². The molecule has 1 aromatic carbocycles. The Balaban J connectivity index is 1.82. The molecule has 2 amide bonds. The molecular weight excluding hydrogens is 266 g/mol. The van der Waals surface area contributed by atoms with Crippen LogP contribution in [0.5, 0.6) is 0 Å². The lowest BCUT2D eigenvalue weighted by molar-refractivity contribution is -0.122. The molecule has 21 heavy (non-hydrogen) atoms. The fourth-order valence-corrected chi connectivity index (χ4v) is 2.23. The van der Waals surface area contributed by atoms with Crippen molar-refractivity contribution in [1.29, 1.82) is 0 Å². The Hall–Kier alpha value is -1.88. The highest BCUT2D eigenvalue weighted by atomic mass is 16.2. The van der Waals surface area contributed by atoms with Gasteiger partial charge in [0.15, 0.2) is 0 Å². The van der Waals surface area contributed by atoms with E-state index in [4.69, 9.17) is 5.73 Å². The first kappa shape index (κ1) is 15.5. The van der Waals surface area contributed by atoms with E-state index in [1.165, 1.54) is 0 Å². The maximum atomic E-state index is 11.9. The minimum absolute atomic E-state index is 0.00403. The molecule has 2 rings (SSSR count). The number of carbonyl (C=O) groups is 2. The quantitative estimate of drug-likeness (QED) is 0.715. The predicted octanol–water partition coefficient (Wildman–Crippen LogP) is 1.78. The molecule has 114 valence electrons. The summed E-state index contributed by atoms with van der Waals surface area (Å²) in [5.74, 6) is 0.277. The Morgan fingerprint density at radius 1 is 1.29 bits per heavy atom. The van der Waals surface area contributed by atoms with Crippen LogP contribution in [-0.2, 0) is 16.1 Å². The van der Waals surface area contributed by atoms with Crippen molar-refractivity contribution in [3.05, 3.63) is 29.8 Å². The van der Waals surface area contributed by atoms with Gasteiger partial charge < -0.3 is 16.4 Å². The van der Waals surface area contributed by atoms with Crippen molar-refractivity contribution < 1.29 is 9.59 Å². The summed E-state index contributed by atoms with van der Waals surface area (Å²) in [6, 6.07) is 7.59. The van der Waals surface area contributed by atoms with E-state index in [1.54, 1.807) is 0 Å². The van der Waals surface area contributed by atoms with Crippen LogP contribution in [0.1, 0.15) is 37.7 Å². The third-order valence-corrected chi connectivity index (χ3v) is 3.77. The summed E-state index contributed by atoms with van der Waals surface area (Å²) >= 11 is 0. The standard InChI is InChI=1S/C16H23N3O2/c17-9-3-8-15(20)18-11-12-4-1-7-14(10-12)19-16(21)13-5-2-6-13/h1,4,7,10,13H,2-3,5-6,8-9,11,17H2,(H,18,20)(H,19,21). The Labute approximate surface area is 125 Å². The molecule has 0 unspecified atom stereocenters. The highest BCUT2D eigenvalue weighted by Gasteiger charge is 2.25. The zero-order valence-electron chi connectivity index (χ0n) is 12.2. The summed E-state index contributed by atoms with van der Waals surface area (Å²) in [5, 5.41) is 5.79. The fourth-order valence-electron chi connectivity index (χ4n) is 2.23. The minimum Gasteiger partial charge on any atom is -0.352 e. The van der Waals surface area contributed by atoms with Gasteiger partial charge in [-0.3, -0.25) is 9.59 Å². The van der Waals surface area contributed by atoms with Gasteiger partial charge in [-0.1, -0.05) is 18.6 Å². The maximum absolute atomic E-state index is 11.9. The minimum atomic E-state index is 0.00403. The lowest BCUT2D eigenvalue weighted by Gasteiger charge is -2.24. The van der Waals surface area contributed by atoms with Gasteiger partial charge in [-0.25, -0.2) is 0 Å². The van der Waals surface area contributed by atoms with E-state index in [9.17, 15) is 9.59 Å². The molecular formula is C16H23N3O2. The molecule has 4 N–H and O–H groups in total. The molecule has 0 saturated heterocycles. The third-order valence-electron chi connectivity index (χ3n) is 3.77. The van der Waals surface area contributed by atoms with Crippen molar-refractivity contribution in [2.45, 2.75) is 38.6 Å². The molecule has 1 saturated carbocycles. The number of hydrogen-bond acceptors (Lipinski definition) is 3. The Morgan fingerprint density at radius 2 is 2.10 bits per heavy atom. The number of nitrogens with one attached hydrogen (secondary N) is 2. The van der Waals surface area contributed by atoms with Gasteiger partial charge in [0.05, 0.1) is 0 Å². The molecule has 0 spiro atoms. The average molecular weight is 289 g/mol. The second-order valence-corrected chi connectivity index (χ2v) is 5.49. The van der Waals surface area contributed by atoms with Crippen LogP contribution >= 0.6 is 0 Å². The maximum Gasteiger partial charge on any atom is 0.227 e. The number of hydrogen-bond donors (Lipinski definition) is 3. The number of amides is 2. The average Bonchev–Trinajstić information content (AvgIpc) is 2.41. The molecule has 5 heteroatoms. The largest absolute Gasteiger partial charge is 0.352 e. The monoisotopic (exact) mass is 289 g/mol. The highest BCUT2D eigenvalue weighted by Crippen LogP contribution is 2.27. The third kappa shape index (κ3) is 4.86. The molecule has 0 aromatic heterocycles. The van der Waals surface area contributed by atoms with Gasteiger partial charge in [-0.05, 0) is 43.5 Å². The van der Waals surface area contributed by atoms with Crippen molar-refractivity contribution in [3.63, 3.8) is 0 Å². The van der Waals surface area contributed by atoms with Gasteiger partial charge in [0, 0.05) is 24.6 Å². The smallest absolute Gasteiger partial charge is 0.227 e. The second kappa shape index (κ2) is 7.78. The van der Waals surface area contributed by atoms with E-state index in [0.29, 0.717) is 25.9 Å². The molecule has 5 nitrogen and oxygen atoms in total. The first-order chi connectivity index (χ1) is 10.2. The number of carbonyl (C=O) groups excluding carboxylic acids is 2. The first-order valence-electron chi connectivity index (χ1n) is 7.55. The molecule has 1 aliphatic rings. The van der Waals surface area contributed by atoms with E-state index in [-0.39, 0.29) is 17.7 Å². The predicted molar refractivity (Wildman–Crippen MR) is 82.5 cm³/mol. The van der Waals surface area contributed by atoms with Crippen LogP contribution in [0.2, 0.25) is 0 Å². The van der Waals surface area contributed by atoms with E-state index in [1.807, 2.05) is 24.3 Å². The van der Waals surface area contributed by atoms with Gasteiger partial charge in [0.2, 0.25) is 11.8 Å². The van der Waals surface area contributed by atoms with Crippen LogP contribution in [0.25, 0.3) is 0 Å². The normalized spacial score (nSPS) is 14.3. The molecule has 0 radical (unpaired) electrons. The molecule has 1 aliphatic carbocycles. The van der Waals surface area contributed by atoms with Crippen LogP contribution in [-0.4, -0.2) is 18.4 Å². The zero-order chi connectivity index (χ0) is 15.1. The SMILES string of the molecule is NCCCC(=O)NCc1cccc(NC(=O)C2CCC2)c1. The summed E-state index contributed by atoms with van der Waals surface area (Å²) in [7, 11) is 0. The molecule has 0 atom stereocenters. The number of benzene rings is 1. The van der Waals surface area contributed by atoms with E-state index >= 15 is 0 Å². The van der Waals surface area contributed by atoms with Gasteiger partial charge in [-0.2, -0.15) is 0 Å². The van der Waals surface area contributed by atoms with Crippen molar-refractivity contribution in [2.75, 3.05) is 11.9 Å². The second-order valence-electron chi connectivity index (χ2n) is 5.49. The molecule has 1 fully saturated rings. The van der Waals surface area contributed by atoms with Crippen LogP contribution in [0, 0.1) is 5.92 Å². The molecule has 1 aromatic rings. The Bertz CT molecular complexity index is 498. The van der Waals surface area contributed by atoms with Crippen LogP contribution in [0.15, 0.2) is 24.3 Å². The summed E-state index contributed by atoms with van der Waals surface area (Å²) < 4.78 is 0. The topological polar surface area (TPSA) is 84.2 Å². The van der Waals surface area contributed by atoms with Crippen molar-refractivity contribution in [1.82, 2.24) is 5.32 Å². The van der Waals surface area contributed by atoms with E-state index in [2.05, 4.69) is 10.6 Å². The lowest BCUT2D eigenvalue weighted by atomic mass is 9.85. The number of nitrogens with two attached hydrogens (primary N) is 1. The number of rotatable bonds is 7. The first-order valence-corrected chi connectivity index (χ1v) is 7.55. The Kier molecular flexibility index (Phi) is 5.75. The van der Waals surface area contributed by atoms with E-state index in [0.717, 1.165) is 30.5 Å². The highest BCUT2D eigenvalue weighted by molar-refractivity contribution is 5.93. The van der Waals surface area contributed by atoms with Gasteiger partial charge >= 0.3 is 0 Å². The molecule has 0 bridgehead atoms. The summed E-state index contributed by atoms with van der Waals surface area (Å²) in [4.78, 5) is 23.4. The number of anilines is 1. The van der Waals surface area contributed by atoms with Gasteiger partial charge in [0.25, 0.3) is 0 Å². The molecule has 0 aliphatic heterocycles. The summed E-state index contributed by atoms with van der Waals surface area (Å²) in [6.45, 7) is 0.993. The fraction of sp³-hybridized carbons (Fsp3) is 0.500. The zero-order valence-corrected chi connectivity index (χ0v) is 12.2. The van der Waals surface area contributed by atoms with Crippen molar-refractivity contribution in [2.24, 2.45) is 11.7 Å². The lowest BCUT2D eigenvalue weighted by Crippen LogP contribution is -2.28. The van der Waals surface area contributed by atoms with E-state index < -0.39 is 0 Å². The molecule has 0 heterocycles. The summed E-state index contributed by atoms with van der Waals surface area (Å²) in [5.41, 5.74) is 7.14. The van der Waals surface area contributed by atoms with Crippen LogP contribution in [0.4, 0.5) is 5.69 Å². The van der Waals surface area contributed by atoms with Crippen molar-refractivity contribution >= 4 is 17.5 Å².